The molecule has 0 aliphatic carbocycles. The van der Waals surface area contributed by atoms with E-state index in [9.17, 15) is 15.0 Å². The molecule has 0 bridgehead atoms. The minimum absolute atomic E-state index is 0.00688. The van der Waals surface area contributed by atoms with Crippen LogP contribution in [0.5, 0.6) is 34.5 Å². The van der Waals surface area contributed by atoms with Gasteiger partial charge in [-0.2, -0.15) is 0 Å². The lowest BCUT2D eigenvalue weighted by molar-refractivity contribution is -0.130. The maximum atomic E-state index is 13.5. The first-order valence-electron chi connectivity index (χ1n) is 10.7. The molecule has 2 N–H and O–H groups in total. The zero-order valence-electron chi connectivity index (χ0n) is 19.4. The number of carbonyl (C=O) groups is 1. The first-order chi connectivity index (χ1) is 16.4. The third kappa shape index (κ3) is 4.03. The third-order valence-electron chi connectivity index (χ3n) is 6.08. The van der Waals surface area contributed by atoms with Crippen LogP contribution in [-0.4, -0.2) is 44.6 Å². The fourth-order valence-corrected chi connectivity index (χ4v) is 4.40. The number of anilines is 1. The van der Waals surface area contributed by atoms with Gasteiger partial charge in [0.25, 0.3) is 0 Å². The number of ether oxygens (including phenoxy) is 4. The molecule has 1 aliphatic heterocycles. The number of β-lactam (4-membered cyclic amide) rings is 1. The van der Waals surface area contributed by atoms with Crippen molar-refractivity contribution in [3.8, 4) is 34.5 Å². The van der Waals surface area contributed by atoms with Crippen LogP contribution in [0, 0.1) is 5.92 Å². The average Bonchev–Trinajstić information content (AvgIpc) is 2.85. The summed E-state index contributed by atoms with van der Waals surface area (Å²) in [5.74, 6) is 1.35. The summed E-state index contributed by atoms with van der Waals surface area (Å²) in [6.07, 6.45) is 0.470. The molecule has 0 aromatic heterocycles. The molecule has 1 heterocycles. The van der Waals surface area contributed by atoms with Crippen molar-refractivity contribution >= 4 is 11.6 Å². The molecule has 8 nitrogen and oxygen atoms in total. The molecule has 3 aromatic rings. The van der Waals surface area contributed by atoms with Crippen LogP contribution in [0.4, 0.5) is 5.69 Å². The van der Waals surface area contributed by atoms with Crippen molar-refractivity contribution in [2.45, 2.75) is 12.5 Å². The van der Waals surface area contributed by atoms with Crippen molar-refractivity contribution in [1.29, 1.82) is 0 Å². The summed E-state index contributed by atoms with van der Waals surface area (Å²) in [6.45, 7) is 0. The fourth-order valence-electron chi connectivity index (χ4n) is 4.40. The second-order valence-corrected chi connectivity index (χ2v) is 7.94. The number of methoxy groups -OCH3 is 4. The van der Waals surface area contributed by atoms with Crippen LogP contribution in [0.15, 0.2) is 54.6 Å². The monoisotopic (exact) mass is 465 g/mol. The first kappa shape index (κ1) is 23.1. The first-order valence-corrected chi connectivity index (χ1v) is 10.7. The van der Waals surface area contributed by atoms with E-state index in [1.807, 2.05) is 6.07 Å². The van der Waals surface area contributed by atoms with Gasteiger partial charge in [0.1, 0.15) is 5.75 Å². The van der Waals surface area contributed by atoms with Gasteiger partial charge >= 0.3 is 0 Å². The molecule has 0 spiro atoms. The molecule has 3 aromatic carbocycles. The van der Waals surface area contributed by atoms with Crippen LogP contribution in [0.1, 0.15) is 17.2 Å². The molecule has 0 saturated carbocycles. The summed E-state index contributed by atoms with van der Waals surface area (Å²) in [5, 5.41) is 20.0. The predicted octanol–water partition coefficient (Wildman–Crippen LogP) is 4.08. The molecule has 1 saturated heterocycles. The zero-order chi connectivity index (χ0) is 24.4. The lowest BCUT2D eigenvalue weighted by Gasteiger charge is -2.48. The molecular formula is C26H27NO7. The average molecular weight is 466 g/mol. The minimum Gasteiger partial charge on any atom is -0.508 e. The maximum absolute atomic E-state index is 13.5. The number of benzene rings is 3. The molecule has 0 radical (unpaired) electrons. The number of phenolic OH excluding ortho intramolecular Hbond substituents is 2. The van der Waals surface area contributed by atoms with Crippen LogP contribution in [0.2, 0.25) is 0 Å². The fraction of sp³-hybridized carbons (Fsp3) is 0.269. The number of hydrogen-bond acceptors (Lipinski definition) is 7. The number of nitrogens with zero attached hydrogens (tertiary/aromatic N) is 1. The van der Waals surface area contributed by atoms with Gasteiger partial charge in [0, 0.05) is 12.1 Å². The largest absolute Gasteiger partial charge is 0.508 e. The Hall–Kier alpha value is -4.07. The van der Waals surface area contributed by atoms with E-state index in [4.69, 9.17) is 18.9 Å². The summed E-state index contributed by atoms with van der Waals surface area (Å²) in [4.78, 5) is 15.1. The quantitative estimate of drug-likeness (QED) is 0.484. The van der Waals surface area contributed by atoms with Crippen LogP contribution < -0.4 is 23.8 Å². The van der Waals surface area contributed by atoms with E-state index in [-0.39, 0.29) is 29.4 Å². The van der Waals surface area contributed by atoms with Gasteiger partial charge in [-0.25, -0.2) is 0 Å². The highest BCUT2D eigenvalue weighted by atomic mass is 16.5. The highest BCUT2D eigenvalue weighted by Crippen LogP contribution is 2.50. The number of carbonyl (C=O) groups excluding carboxylic acids is 1. The lowest BCUT2D eigenvalue weighted by atomic mass is 9.78. The summed E-state index contributed by atoms with van der Waals surface area (Å²) >= 11 is 0. The van der Waals surface area contributed by atoms with E-state index in [0.717, 1.165) is 11.1 Å². The van der Waals surface area contributed by atoms with Crippen molar-refractivity contribution in [2.75, 3.05) is 33.3 Å². The standard InChI is InChI=1S/C26H27NO7/c1-31-21-10-7-16(12-20(21)29)24-19(11-15-5-8-18(28)9-6-15)26(30)27(24)17-13-22(32-2)25(34-4)23(14-17)33-3/h5-10,12-14,19,24,28-29H,11H2,1-4H3/t19-,24+/m1/s1. The number of aromatic hydroxyl groups is 2. The van der Waals surface area contributed by atoms with E-state index >= 15 is 0 Å². The molecular weight excluding hydrogens is 438 g/mol. The van der Waals surface area contributed by atoms with Gasteiger partial charge in [-0.05, 0) is 41.8 Å². The number of amides is 1. The van der Waals surface area contributed by atoms with Gasteiger partial charge in [0.15, 0.2) is 23.0 Å². The summed E-state index contributed by atoms with van der Waals surface area (Å²) < 4.78 is 21.5. The molecule has 8 heteroatoms. The van der Waals surface area contributed by atoms with Gasteiger partial charge in [-0.1, -0.05) is 18.2 Å². The van der Waals surface area contributed by atoms with E-state index in [2.05, 4.69) is 0 Å². The SMILES string of the molecule is COc1ccc([C@H]2[C@@H](Cc3ccc(O)cc3)C(=O)N2c2cc(OC)c(OC)c(OC)c2)cc1O. The Balaban J connectivity index is 1.77. The topological polar surface area (TPSA) is 97.7 Å². The minimum atomic E-state index is -0.378. The van der Waals surface area contributed by atoms with Gasteiger partial charge in [0.05, 0.1) is 46.1 Å². The predicted molar refractivity (Wildman–Crippen MR) is 126 cm³/mol. The highest BCUT2D eigenvalue weighted by Gasteiger charge is 2.49. The number of phenols is 2. The molecule has 34 heavy (non-hydrogen) atoms. The summed E-state index contributed by atoms with van der Waals surface area (Å²) in [7, 11) is 6.04. The van der Waals surface area contributed by atoms with E-state index < -0.39 is 0 Å². The van der Waals surface area contributed by atoms with E-state index in [1.165, 1.54) is 28.4 Å². The Morgan fingerprint density at radius 1 is 0.794 bits per heavy atom. The van der Waals surface area contributed by atoms with Gasteiger partial charge in [0.2, 0.25) is 11.7 Å². The molecule has 1 amide bonds. The van der Waals surface area contributed by atoms with Crippen LogP contribution in [0.25, 0.3) is 0 Å². The molecule has 0 unspecified atom stereocenters. The second kappa shape index (κ2) is 9.43. The normalized spacial score (nSPS) is 17.2. The Bertz CT molecular complexity index is 1170. The Labute approximate surface area is 197 Å². The summed E-state index contributed by atoms with van der Waals surface area (Å²) in [6, 6.07) is 15.0. The zero-order valence-corrected chi connectivity index (χ0v) is 19.4. The Kier molecular flexibility index (Phi) is 6.40. The Morgan fingerprint density at radius 3 is 1.94 bits per heavy atom. The van der Waals surface area contributed by atoms with Crippen molar-refractivity contribution < 1.29 is 34.0 Å². The van der Waals surface area contributed by atoms with E-state index in [0.29, 0.717) is 35.1 Å². The van der Waals surface area contributed by atoms with E-state index in [1.54, 1.807) is 53.4 Å². The van der Waals surface area contributed by atoms with Crippen molar-refractivity contribution in [2.24, 2.45) is 5.92 Å². The van der Waals surface area contributed by atoms with Crippen molar-refractivity contribution in [3.05, 3.63) is 65.7 Å². The van der Waals surface area contributed by atoms with Gasteiger partial charge < -0.3 is 34.1 Å². The number of rotatable bonds is 8. The third-order valence-corrected chi connectivity index (χ3v) is 6.08. The molecule has 2 atom stereocenters. The molecule has 1 aliphatic rings. The molecule has 1 fully saturated rings. The lowest BCUT2D eigenvalue weighted by Crippen LogP contribution is -2.56. The van der Waals surface area contributed by atoms with Gasteiger partial charge in [-0.3, -0.25) is 4.79 Å². The maximum Gasteiger partial charge on any atom is 0.233 e. The van der Waals surface area contributed by atoms with Crippen LogP contribution in [0.3, 0.4) is 0 Å². The Morgan fingerprint density at radius 2 is 1.41 bits per heavy atom. The van der Waals surface area contributed by atoms with Crippen LogP contribution in [-0.2, 0) is 11.2 Å². The van der Waals surface area contributed by atoms with Crippen molar-refractivity contribution in [3.63, 3.8) is 0 Å². The second-order valence-electron chi connectivity index (χ2n) is 7.94. The molecule has 178 valence electrons. The number of hydrogen-bond donors (Lipinski definition) is 2. The smallest absolute Gasteiger partial charge is 0.233 e. The van der Waals surface area contributed by atoms with Gasteiger partial charge in [-0.15, -0.1) is 0 Å². The summed E-state index contributed by atoms with van der Waals surface area (Å²) in [5.41, 5.74) is 2.26. The van der Waals surface area contributed by atoms with Crippen molar-refractivity contribution in [1.82, 2.24) is 0 Å². The molecule has 4 rings (SSSR count). The van der Waals surface area contributed by atoms with Crippen LogP contribution >= 0.6 is 0 Å². The highest BCUT2D eigenvalue weighted by molar-refractivity contribution is 6.04.